The highest BCUT2D eigenvalue weighted by molar-refractivity contribution is 5.88. The Morgan fingerprint density at radius 1 is 0.580 bits per heavy atom. The monoisotopic (exact) mass is 682 g/mol. The van der Waals surface area contributed by atoms with Crippen molar-refractivity contribution in [2.24, 2.45) is 47.3 Å². The van der Waals surface area contributed by atoms with E-state index in [4.69, 9.17) is 9.47 Å². The Labute approximate surface area is 303 Å². The molecular formula is C46H66O4. The van der Waals surface area contributed by atoms with Crippen molar-refractivity contribution >= 4 is 11.9 Å². The number of benzene rings is 2. The van der Waals surface area contributed by atoms with E-state index in [1.54, 1.807) is 0 Å². The molecule has 0 aliphatic heterocycles. The minimum atomic E-state index is -0.633. The zero-order chi connectivity index (χ0) is 36.4. The number of fused-ring (bicyclic) bond motifs is 1. The molecule has 0 amide bonds. The molecule has 6 unspecified atom stereocenters. The van der Waals surface area contributed by atoms with Crippen LogP contribution < -0.4 is 0 Å². The van der Waals surface area contributed by atoms with Crippen molar-refractivity contribution in [3.05, 3.63) is 69.8 Å². The van der Waals surface area contributed by atoms with E-state index < -0.39 is 11.8 Å². The van der Waals surface area contributed by atoms with Crippen molar-refractivity contribution in [3.8, 4) is 0 Å². The molecule has 0 heterocycles. The number of hydrogen-bond donors (Lipinski definition) is 0. The topological polar surface area (TPSA) is 52.6 Å². The second-order valence-corrected chi connectivity index (χ2v) is 19.8. The van der Waals surface area contributed by atoms with Gasteiger partial charge in [-0.05, 0) is 105 Å². The average molecular weight is 683 g/mol. The molecule has 0 spiro atoms. The summed E-state index contributed by atoms with van der Waals surface area (Å²) in [6.07, 6.45) is 6.00. The van der Waals surface area contributed by atoms with Crippen LogP contribution in [0.5, 0.6) is 0 Å². The Morgan fingerprint density at radius 3 is 1.26 bits per heavy atom. The number of ether oxygens (including phenoxy) is 2. The van der Waals surface area contributed by atoms with Crippen LogP contribution in [0.15, 0.2) is 36.4 Å². The number of rotatable bonds is 6. The van der Waals surface area contributed by atoms with E-state index in [0.717, 1.165) is 25.7 Å². The van der Waals surface area contributed by atoms with E-state index in [1.807, 2.05) is 0 Å². The van der Waals surface area contributed by atoms with Gasteiger partial charge in [-0.3, -0.25) is 9.59 Å². The summed E-state index contributed by atoms with van der Waals surface area (Å²) >= 11 is 0. The van der Waals surface area contributed by atoms with E-state index in [9.17, 15) is 0 Å². The molecule has 274 valence electrons. The molecule has 4 nitrogen and oxygen atoms in total. The maximum atomic E-state index is 15.1. The van der Waals surface area contributed by atoms with Crippen molar-refractivity contribution < 1.29 is 19.1 Å². The Balaban J connectivity index is 1.50. The summed E-state index contributed by atoms with van der Waals surface area (Å²) in [6, 6.07) is 13.7. The van der Waals surface area contributed by atoms with E-state index in [2.05, 4.69) is 119 Å². The predicted octanol–water partition coefficient (Wildman–Crippen LogP) is 11.1. The molecule has 0 N–H and O–H groups in total. The Morgan fingerprint density at radius 2 is 0.940 bits per heavy atom. The van der Waals surface area contributed by atoms with Gasteiger partial charge in [0, 0.05) is 11.8 Å². The third kappa shape index (κ3) is 6.95. The molecule has 2 aromatic rings. The molecule has 0 aromatic heterocycles. The molecule has 2 fully saturated rings. The van der Waals surface area contributed by atoms with Crippen molar-refractivity contribution in [3.63, 3.8) is 0 Å². The van der Waals surface area contributed by atoms with Gasteiger partial charge in [0.2, 0.25) is 0 Å². The quantitative estimate of drug-likeness (QED) is 0.285. The number of esters is 2. The minimum absolute atomic E-state index is 0.0504. The van der Waals surface area contributed by atoms with Crippen LogP contribution in [-0.2, 0) is 29.9 Å². The lowest BCUT2D eigenvalue weighted by Gasteiger charge is -2.50. The summed E-state index contributed by atoms with van der Waals surface area (Å²) < 4.78 is 13.5. The van der Waals surface area contributed by atoms with Crippen LogP contribution in [0.3, 0.4) is 0 Å². The average Bonchev–Trinajstić information content (AvgIpc) is 3.02. The minimum Gasteiger partial charge on any atom is -0.462 e. The molecule has 2 saturated carbocycles. The molecule has 0 saturated heterocycles. The molecule has 5 aliphatic carbocycles. The van der Waals surface area contributed by atoms with Crippen molar-refractivity contribution in [1.82, 2.24) is 0 Å². The zero-order valence-electron chi connectivity index (χ0n) is 33.3. The highest BCUT2D eigenvalue weighted by atomic mass is 16.6. The molecule has 50 heavy (non-hydrogen) atoms. The Hall–Kier alpha value is -2.62. The zero-order valence-corrected chi connectivity index (χ0v) is 33.3. The van der Waals surface area contributed by atoms with Gasteiger partial charge < -0.3 is 9.47 Å². The summed E-state index contributed by atoms with van der Waals surface area (Å²) in [5, 5.41) is 0. The normalized spacial score (nSPS) is 32.4. The molecular weight excluding hydrogens is 617 g/mol. The lowest BCUT2D eigenvalue weighted by atomic mass is 9.53. The Kier molecular flexibility index (Phi) is 10.2. The van der Waals surface area contributed by atoms with Gasteiger partial charge in [0.15, 0.2) is 0 Å². The van der Waals surface area contributed by atoms with E-state index in [0.29, 0.717) is 35.5 Å². The second kappa shape index (κ2) is 13.7. The van der Waals surface area contributed by atoms with E-state index >= 15 is 9.59 Å². The van der Waals surface area contributed by atoms with Gasteiger partial charge in [-0.25, -0.2) is 0 Å². The third-order valence-corrected chi connectivity index (χ3v) is 13.4. The molecule has 7 rings (SSSR count). The number of hydrogen-bond acceptors (Lipinski definition) is 4. The third-order valence-electron chi connectivity index (χ3n) is 13.4. The number of carbonyl (C=O) groups excluding carboxylic acids is 2. The predicted molar refractivity (Wildman–Crippen MR) is 203 cm³/mol. The second-order valence-electron chi connectivity index (χ2n) is 19.8. The van der Waals surface area contributed by atoms with Crippen LogP contribution in [-0.4, -0.2) is 24.1 Å². The summed E-state index contributed by atoms with van der Waals surface area (Å²) in [6.45, 7) is 27.1. The molecule has 4 heteroatoms. The van der Waals surface area contributed by atoms with Gasteiger partial charge in [-0.15, -0.1) is 0 Å². The van der Waals surface area contributed by atoms with Gasteiger partial charge in [-0.1, -0.05) is 132 Å². The molecule has 10 atom stereocenters. The number of carbonyl (C=O) groups is 2. The first-order valence-corrected chi connectivity index (χ1v) is 20.1. The first-order chi connectivity index (χ1) is 23.4. The van der Waals surface area contributed by atoms with Gasteiger partial charge >= 0.3 is 11.9 Å². The summed E-state index contributed by atoms with van der Waals surface area (Å²) in [5.74, 6) is 0.331. The maximum absolute atomic E-state index is 15.1. The molecule has 2 aromatic carbocycles. The fourth-order valence-corrected chi connectivity index (χ4v) is 10.2. The fraction of sp³-hybridized carbons (Fsp3) is 0.696. The fourth-order valence-electron chi connectivity index (χ4n) is 10.2. The summed E-state index contributed by atoms with van der Waals surface area (Å²) in [4.78, 5) is 30.1. The lowest BCUT2D eigenvalue weighted by Crippen LogP contribution is -2.50. The van der Waals surface area contributed by atoms with Gasteiger partial charge in [0.05, 0.1) is 11.8 Å². The van der Waals surface area contributed by atoms with Crippen molar-refractivity contribution in [2.45, 2.75) is 156 Å². The SMILES string of the molecule is CC1CCC(C(C)C)C(OC(=O)[C@H]2[C@@H]3c4ccc(C(C)(C)C)cc4[C@@H](c4ccc(C(C)(C)C)cc43)[C@@H]2C(=O)OC2CC(C)CCC2C(C)C)C1. The van der Waals surface area contributed by atoms with Crippen LogP contribution in [0.4, 0.5) is 0 Å². The lowest BCUT2D eigenvalue weighted by molar-refractivity contribution is -0.176. The van der Waals surface area contributed by atoms with Crippen molar-refractivity contribution in [1.29, 1.82) is 0 Å². The standard InChI is InChI=1S/C46H66O4/c1-25(2)31-17-13-27(5)21-37(31)49-43(47)41-39-33-19-15-30(46(10,11)12)24-36(33)40(34-20-16-29(23-35(34)39)45(7,8)9)42(41)44(48)50-38-22-28(6)14-18-32(38)26(3)4/h15-16,19-20,23-28,31-32,37-42H,13-14,17-18,21-22H2,1-12H3/t27?,28?,31?,32?,37?,38?,39-,40-,41+,42+/m1/s1. The maximum Gasteiger partial charge on any atom is 0.311 e. The Bertz CT molecular complexity index is 1450. The van der Waals surface area contributed by atoms with Gasteiger partial charge in [0.1, 0.15) is 12.2 Å². The molecule has 5 aliphatic rings. The first-order valence-electron chi connectivity index (χ1n) is 20.1. The van der Waals surface area contributed by atoms with Crippen LogP contribution in [0, 0.1) is 47.3 Å². The van der Waals surface area contributed by atoms with Crippen LogP contribution >= 0.6 is 0 Å². The van der Waals surface area contributed by atoms with Crippen molar-refractivity contribution in [2.75, 3.05) is 0 Å². The molecule has 0 radical (unpaired) electrons. The van der Waals surface area contributed by atoms with Gasteiger partial charge in [-0.2, -0.15) is 0 Å². The largest absolute Gasteiger partial charge is 0.462 e. The highest BCUT2D eigenvalue weighted by Crippen LogP contribution is 2.60. The van der Waals surface area contributed by atoms with E-state index in [-0.39, 0.29) is 46.8 Å². The van der Waals surface area contributed by atoms with Gasteiger partial charge in [0.25, 0.3) is 0 Å². The van der Waals surface area contributed by atoms with Crippen LogP contribution in [0.1, 0.15) is 167 Å². The highest BCUT2D eigenvalue weighted by Gasteiger charge is 2.58. The van der Waals surface area contributed by atoms with Crippen LogP contribution in [0.2, 0.25) is 0 Å². The van der Waals surface area contributed by atoms with E-state index in [1.165, 1.54) is 46.2 Å². The smallest absolute Gasteiger partial charge is 0.311 e. The molecule has 2 bridgehead atoms. The van der Waals surface area contributed by atoms with Crippen LogP contribution in [0.25, 0.3) is 0 Å². The summed E-state index contributed by atoms with van der Waals surface area (Å²) in [5.41, 5.74) is 7.13. The summed E-state index contributed by atoms with van der Waals surface area (Å²) in [7, 11) is 0. The first kappa shape index (κ1) is 37.1.